The van der Waals surface area contributed by atoms with E-state index in [1.807, 2.05) is 25.1 Å². The molecule has 0 saturated carbocycles. The molecule has 1 heterocycles. The third-order valence-corrected chi connectivity index (χ3v) is 4.42. The second kappa shape index (κ2) is 13.0. The van der Waals surface area contributed by atoms with Gasteiger partial charge in [-0.1, -0.05) is 6.07 Å². The number of halogens is 1. The van der Waals surface area contributed by atoms with Crippen LogP contribution >= 0.6 is 24.0 Å². The zero-order chi connectivity index (χ0) is 18.8. The average molecular weight is 491 g/mol. The predicted octanol–water partition coefficient (Wildman–Crippen LogP) is 3.68. The molecule has 0 aliphatic carbocycles. The number of piperidine rings is 1. The molecule has 1 saturated heterocycles. The molecule has 0 atom stereocenters. The first-order valence-corrected chi connectivity index (χ1v) is 9.66. The third-order valence-electron chi connectivity index (χ3n) is 4.42. The summed E-state index contributed by atoms with van der Waals surface area (Å²) in [5.74, 6) is 2.49. The van der Waals surface area contributed by atoms with Crippen LogP contribution in [0.1, 0.15) is 39.2 Å². The zero-order valence-corrected chi connectivity index (χ0v) is 19.3. The highest BCUT2D eigenvalue weighted by Crippen LogP contribution is 2.28. The molecule has 0 amide bonds. The van der Waals surface area contributed by atoms with Gasteiger partial charge in [-0.2, -0.15) is 0 Å². The lowest BCUT2D eigenvalue weighted by molar-refractivity contribution is 0.0263. The van der Waals surface area contributed by atoms with Crippen LogP contribution in [0.3, 0.4) is 0 Å². The molecule has 1 aliphatic rings. The van der Waals surface area contributed by atoms with Crippen molar-refractivity contribution >= 4 is 29.9 Å². The van der Waals surface area contributed by atoms with Gasteiger partial charge in [0.25, 0.3) is 0 Å². The summed E-state index contributed by atoms with van der Waals surface area (Å²) >= 11 is 0. The quantitative estimate of drug-likeness (QED) is 0.342. The Balaban J connectivity index is 0.00000364. The fraction of sp³-hybridized carbons (Fsp3) is 0.650. The Morgan fingerprint density at radius 3 is 2.48 bits per heavy atom. The standard InChI is InChI=1S/C20H33N3O3.HI/c1-5-21-20(23-12-10-17(11-13-23)25-6-2)22-15-16-8-9-18(24-4)19(14-16)26-7-3;/h8-9,14,17H,5-7,10-13,15H2,1-4H3,(H,21,22);1H. The maximum absolute atomic E-state index is 5.75. The summed E-state index contributed by atoms with van der Waals surface area (Å²) in [4.78, 5) is 7.15. The molecule has 0 unspecified atom stereocenters. The van der Waals surface area contributed by atoms with E-state index < -0.39 is 0 Å². The van der Waals surface area contributed by atoms with Crippen molar-refractivity contribution in [3.8, 4) is 11.5 Å². The minimum Gasteiger partial charge on any atom is -0.493 e. The van der Waals surface area contributed by atoms with Gasteiger partial charge in [0.1, 0.15) is 0 Å². The van der Waals surface area contributed by atoms with Crippen LogP contribution < -0.4 is 14.8 Å². The van der Waals surface area contributed by atoms with E-state index >= 15 is 0 Å². The minimum atomic E-state index is 0. The number of aliphatic imine (C=N–C) groups is 1. The van der Waals surface area contributed by atoms with Crippen LogP contribution in [-0.4, -0.2) is 56.9 Å². The number of nitrogens with one attached hydrogen (secondary N) is 1. The van der Waals surface area contributed by atoms with Gasteiger partial charge in [0.05, 0.1) is 26.4 Å². The van der Waals surface area contributed by atoms with Crippen molar-refractivity contribution in [2.75, 3.05) is 40.0 Å². The molecule has 2 rings (SSSR count). The Hall–Kier alpha value is -1.22. The van der Waals surface area contributed by atoms with Gasteiger partial charge in [-0.15, -0.1) is 24.0 Å². The molecule has 6 nitrogen and oxygen atoms in total. The summed E-state index contributed by atoms with van der Waals surface area (Å²) < 4.78 is 16.8. The molecule has 27 heavy (non-hydrogen) atoms. The molecule has 0 radical (unpaired) electrons. The number of hydrogen-bond donors (Lipinski definition) is 1. The number of guanidine groups is 1. The maximum Gasteiger partial charge on any atom is 0.194 e. The van der Waals surface area contributed by atoms with Gasteiger partial charge in [0, 0.05) is 26.2 Å². The highest BCUT2D eigenvalue weighted by Gasteiger charge is 2.21. The van der Waals surface area contributed by atoms with E-state index in [9.17, 15) is 0 Å². The SMILES string of the molecule is CCNC(=NCc1ccc(OC)c(OCC)c1)N1CCC(OCC)CC1.I. The van der Waals surface area contributed by atoms with E-state index in [1.54, 1.807) is 7.11 Å². The number of hydrogen-bond acceptors (Lipinski definition) is 4. The van der Waals surface area contributed by atoms with Gasteiger partial charge in [0.15, 0.2) is 17.5 Å². The monoisotopic (exact) mass is 491 g/mol. The number of nitrogens with zero attached hydrogens (tertiary/aromatic N) is 2. The van der Waals surface area contributed by atoms with Crippen molar-refractivity contribution in [3.05, 3.63) is 23.8 Å². The number of ether oxygens (including phenoxy) is 3. The van der Waals surface area contributed by atoms with Crippen molar-refractivity contribution in [1.82, 2.24) is 10.2 Å². The molecule has 0 bridgehead atoms. The largest absolute Gasteiger partial charge is 0.493 e. The fourth-order valence-electron chi connectivity index (χ4n) is 3.15. The number of likely N-dealkylation sites (tertiary alicyclic amines) is 1. The van der Waals surface area contributed by atoms with Crippen LogP contribution in [-0.2, 0) is 11.3 Å². The van der Waals surface area contributed by atoms with Gasteiger partial charge < -0.3 is 24.4 Å². The minimum absolute atomic E-state index is 0. The molecule has 7 heteroatoms. The van der Waals surface area contributed by atoms with Gasteiger partial charge >= 0.3 is 0 Å². The van der Waals surface area contributed by atoms with Crippen LogP contribution in [0.15, 0.2) is 23.2 Å². The summed E-state index contributed by atoms with van der Waals surface area (Å²) in [5.41, 5.74) is 1.11. The van der Waals surface area contributed by atoms with Crippen molar-refractivity contribution in [3.63, 3.8) is 0 Å². The highest BCUT2D eigenvalue weighted by atomic mass is 127. The zero-order valence-electron chi connectivity index (χ0n) is 17.0. The van der Waals surface area contributed by atoms with Crippen LogP contribution in [0.25, 0.3) is 0 Å². The maximum atomic E-state index is 5.75. The molecule has 154 valence electrons. The summed E-state index contributed by atoms with van der Waals surface area (Å²) in [6.07, 6.45) is 2.49. The van der Waals surface area contributed by atoms with Crippen molar-refractivity contribution in [1.29, 1.82) is 0 Å². The Labute approximate surface area is 180 Å². The van der Waals surface area contributed by atoms with E-state index in [0.29, 0.717) is 19.3 Å². The van der Waals surface area contributed by atoms with Gasteiger partial charge in [-0.05, 0) is 51.3 Å². The highest BCUT2D eigenvalue weighted by molar-refractivity contribution is 14.0. The predicted molar refractivity (Wildman–Crippen MR) is 121 cm³/mol. The third kappa shape index (κ3) is 7.37. The number of rotatable bonds is 8. The second-order valence-electron chi connectivity index (χ2n) is 6.23. The van der Waals surface area contributed by atoms with E-state index in [4.69, 9.17) is 19.2 Å². The van der Waals surface area contributed by atoms with Crippen molar-refractivity contribution < 1.29 is 14.2 Å². The fourth-order valence-corrected chi connectivity index (χ4v) is 3.15. The van der Waals surface area contributed by atoms with E-state index in [2.05, 4.69) is 24.1 Å². The van der Waals surface area contributed by atoms with E-state index in [1.165, 1.54) is 0 Å². The molecule has 1 aliphatic heterocycles. The molecule has 1 N–H and O–H groups in total. The first kappa shape index (κ1) is 23.8. The molecule has 0 aromatic heterocycles. The van der Waals surface area contributed by atoms with Crippen LogP contribution in [0.2, 0.25) is 0 Å². The average Bonchev–Trinajstić information content (AvgIpc) is 2.66. The van der Waals surface area contributed by atoms with Gasteiger partial charge in [-0.3, -0.25) is 0 Å². The summed E-state index contributed by atoms with van der Waals surface area (Å²) in [6, 6.07) is 5.99. The Morgan fingerprint density at radius 2 is 1.89 bits per heavy atom. The first-order chi connectivity index (χ1) is 12.7. The Morgan fingerprint density at radius 1 is 1.15 bits per heavy atom. The van der Waals surface area contributed by atoms with E-state index in [0.717, 1.165) is 62.1 Å². The van der Waals surface area contributed by atoms with Gasteiger partial charge in [0.2, 0.25) is 0 Å². The number of benzene rings is 1. The first-order valence-electron chi connectivity index (χ1n) is 9.66. The molecular weight excluding hydrogens is 457 g/mol. The molecule has 1 aromatic carbocycles. The lowest BCUT2D eigenvalue weighted by Crippen LogP contribution is -2.47. The molecule has 0 spiro atoms. The van der Waals surface area contributed by atoms with Gasteiger partial charge in [-0.25, -0.2) is 4.99 Å². The lowest BCUT2D eigenvalue weighted by Gasteiger charge is -2.34. The summed E-state index contributed by atoms with van der Waals surface area (Å²) in [7, 11) is 1.66. The van der Waals surface area contributed by atoms with E-state index in [-0.39, 0.29) is 24.0 Å². The topological polar surface area (TPSA) is 55.3 Å². The Bertz CT molecular complexity index is 576. The Kier molecular flexibility index (Phi) is 11.5. The summed E-state index contributed by atoms with van der Waals surface area (Å²) in [6.45, 7) is 11.0. The summed E-state index contributed by atoms with van der Waals surface area (Å²) in [5, 5.41) is 3.41. The van der Waals surface area contributed by atoms with Crippen LogP contribution in [0.4, 0.5) is 0 Å². The molecular formula is C20H34IN3O3. The lowest BCUT2D eigenvalue weighted by atomic mass is 10.1. The van der Waals surface area contributed by atoms with Crippen molar-refractivity contribution in [2.24, 2.45) is 4.99 Å². The van der Waals surface area contributed by atoms with Crippen LogP contribution in [0.5, 0.6) is 11.5 Å². The molecule has 1 aromatic rings. The molecule has 1 fully saturated rings. The number of methoxy groups -OCH3 is 1. The van der Waals surface area contributed by atoms with Crippen LogP contribution in [0, 0.1) is 0 Å². The smallest absolute Gasteiger partial charge is 0.194 e. The van der Waals surface area contributed by atoms with Crippen molar-refractivity contribution in [2.45, 2.75) is 46.3 Å². The second-order valence-corrected chi connectivity index (χ2v) is 6.23. The normalized spacial score (nSPS) is 15.3.